The average molecular weight is 425 g/mol. The third-order valence-electron chi connectivity index (χ3n) is 5.63. The summed E-state index contributed by atoms with van der Waals surface area (Å²) in [5.74, 6) is 0.926. The molecule has 0 saturated heterocycles. The number of ether oxygens (including phenoxy) is 2. The molecule has 0 fully saturated rings. The number of para-hydroxylation sites is 1. The van der Waals surface area contributed by atoms with Crippen LogP contribution in [-0.2, 0) is 6.54 Å². The number of nitrogens with one attached hydrogen (secondary N) is 1. The maximum absolute atomic E-state index is 12.6. The van der Waals surface area contributed by atoms with Crippen LogP contribution in [0.5, 0.6) is 11.5 Å². The summed E-state index contributed by atoms with van der Waals surface area (Å²) in [6.07, 6.45) is 1.72. The van der Waals surface area contributed by atoms with E-state index in [4.69, 9.17) is 9.47 Å². The lowest BCUT2D eigenvalue weighted by Crippen LogP contribution is -2.19. The third-order valence-corrected chi connectivity index (χ3v) is 5.63. The number of nitrogens with zero attached hydrogens (tertiary/aromatic N) is 2. The number of hydrazone groups is 1. The van der Waals surface area contributed by atoms with Gasteiger partial charge in [-0.1, -0.05) is 48.5 Å². The van der Waals surface area contributed by atoms with Crippen molar-refractivity contribution in [3.05, 3.63) is 95.2 Å². The topological polar surface area (TPSA) is 64.8 Å². The second kappa shape index (κ2) is 8.59. The second-order valence-electron chi connectivity index (χ2n) is 7.65. The number of benzene rings is 3. The van der Waals surface area contributed by atoms with Gasteiger partial charge in [0.05, 0.1) is 6.21 Å². The lowest BCUT2D eigenvalue weighted by molar-refractivity contribution is 0.0954. The summed E-state index contributed by atoms with van der Waals surface area (Å²) in [6, 6.07) is 23.7. The largest absolute Gasteiger partial charge is 0.486 e. The van der Waals surface area contributed by atoms with Gasteiger partial charge in [0.1, 0.15) is 13.2 Å². The molecule has 4 aromatic rings. The van der Waals surface area contributed by atoms with Crippen LogP contribution in [0.2, 0.25) is 0 Å². The third kappa shape index (κ3) is 3.83. The van der Waals surface area contributed by atoms with Gasteiger partial charge in [0, 0.05) is 34.3 Å². The van der Waals surface area contributed by atoms with E-state index < -0.39 is 0 Å². The highest BCUT2D eigenvalue weighted by molar-refractivity contribution is 6.02. The van der Waals surface area contributed by atoms with Gasteiger partial charge >= 0.3 is 0 Å². The van der Waals surface area contributed by atoms with Gasteiger partial charge in [-0.3, -0.25) is 4.79 Å². The van der Waals surface area contributed by atoms with Crippen LogP contribution in [0.3, 0.4) is 0 Å². The molecule has 1 aromatic heterocycles. The van der Waals surface area contributed by atoms with Crippen molar-refractivity contribution in [2.45, 2.75) is 13.5 Å². The highest BCUT2D eigenvalue weighted by Crippen LogP contribution is 2.30. The van der Waals surface area contributed by atoms with Gasteiger partial charge in [-0.2, -0.15) is 5.10 Å². The molecule has 6 nitrogen and oxygen atoms in total. The lowest BCUT2D eigenvalue weighted by atomic mass is 10.1. The molecule has 5 rings (SSSR count). The van der Waals surface area contributed by atoms with Crippen LogP contribution in [0, 0.1) is 6.92 Å². The normalized spacial score (nSPS) is 12.9. The van der Waals surface area contributed by atoms with Crippen LogP contribution in [-0.4, -0.2) is 29.9 Å². The van der Waals surface area contributed by atoms with Gasteiger partial charge in [-0.05, 0) is 36.8 Å². The molecule has 3 aromatic carbocycles. The second-order valence-corrected chi connectivity index (χ2v) is 7.65. The Morgan fingerprint density at radius 3 is 2.59 bits per heavy atom. The van der Waals surface area contributed by atoms with Gasteiger partial charge in [0.2, 0.25) is 0 Å². The predicted molar refractivity (Wildman–Crippen MR) is 125 cm³/mol. The molecule has 32 heavy (non-hydrogen) atoms. The van der Waals surface area contributed by atoms with Gasteiger partial charge in [0.15, 0.2) is 11.5 Å². The number of amides is 1. The first kappa shape index (κ1) is 19.9. The number of aromatic nitrogens is 1. The molecule has 0 radical (unpaired) electrons. The number of carbonyl (C=O) groups excluding carboxylic acids is 1. The molecule has 0 atom stereocenters. The Morgan fingerprint density at radius 2 is 1.75 bits per heavy atom. The van der Waals surface area contributed by atoms with E-state index in [9.17, 15) is 4.79 Å². The fourth-order valence-electron chi connectivity index (χ4n) is 4.00. The maximum atomic E-state index is 12.6. The summed E-state index contributed by atoms with van der Waals surface area (Å²) >= 11 is 0. The number of fused-ring (bicyclic) bond motifs is 2. The van der Waals surface area contributed by atoms with Crippen molar-refractivity contribution in [1.29, 1.82) is 0 Å². The monoisotopic (exact) mass is 425 g/mol. The fourth-order valence-corrected chi connectivity index (χ4v) is 4.00. The maximum Gasteiger partial charge on any atom is 0.271 e. The van der Waals surface area contributed by atoms with Crippen LogP contribution in [0.25, 0.3) is 10.9 Å². The molecule has 0 aliphatic carbocycles. The Labute approximate surface area is 186 Å². The van der Waals surface area contributed by atoms with Gasteiger partial charge in [-0.25, -0.2) is 5.43 Å². The van der Waals surface area contributed by atoms with Crippen LogP contribution < -0.4 is 14.9 Å². The summed E-state index contributed by atoms with van der Waals surface area (Å²) in [6.45, 7) is 3.83. The molecule has 0 bridgehead atoms. The molecule has 0 unspecified atom stereocenters. The van der Waals surface area contributed by atoms with E-state index in [1.54, 1.807) is 24.4 Å². The van der Waals surface area contributed by atoms with Crippen molar-refractivity contribution in [1.82, 2.24) is 9.99 Å². The number of hydrogen-bond acceptors (Lipinski definition) is 4. The average Bonchev–Trinajstić information content (AvgIpc) is 3.10. The van der Waals surface area contributed by atoms with Crippen molar-refractivity contribution < 1.29 is 14.3 Å². The smallest absolute Gasteiger partial charge is 0.271 e. The van der Waals surface area contributed by atoms with E-state index in [0.29, 0.717) is 30.3 Å². The Balaban J connectivity index is 1.39. The molecule has 6 heteroatoms. The van der Waals surface area contributed by atoms with Crippen LogP contribution >= 0.6 is 0 Å². The van der Waals surface area contributed by atoms with Crippen molar-refractivity contribution in [2.75, 3.05) is 13.2 Å². The summed E-state index contributed by atoms with van der Waals surface area (Å²) in [7, 11) is 0. The lowest BCUT2D eigenvalue weighted by Gasteiger charge is -2.18. The van der Waals surface area contributed by atoms with Crippen LogP contribution in [0.1, 0.15) is 27.2 Å². The highest BCUT2D eigenvalue weighted by Gasteiger charge is 2.15. The summed E-state index contributed by atoms with van der Waals surface area (Å²) in [4.78, 5) is 12.6. The van der Waals surface area contributed by atoms with E-state index in [0.717, 1.165) is 28.7 Å². The summed E-state index contributed by atoms with van der Waals surface area (Å²) in [5.41, 5.74) is 7.53. The summed E-state index contributed by atoms with van der Waals surface area (Å²) < 4.78 is 13.3. The minimum absolute atomic E-state index is 0.302. The minimum atomic E-state index is -0.302. The quantitative estimate of drug-likeness (QED) is 0.377. The standard InChI is InChI=1S/C26H23N3O3/c1-18-22(16-27-28-26(30)20-11-12-24-25(15-20)32-14-13-31-24)21-9-5-6-10-23(21)29(18)17-19-7-3-2-4-8-19/h2-12,15-16H,13-14,17H2,1H3,(H,28,30). The van der Waals surface area contributed by atoms with Gasteiger partial charge < -0.3 is 14.0 Å². The molecule has 160 valence electrons. The Bertz CT molecular complexity index is 1310. The van der Waals surface area contributed by atoms with E-state index >= 15 is 0 Å². The molecule has 1 aliphatic rings. The Hall–Kier alpha value is -4.06. The van der Waals surface area contributed by atoms with Crippen LogP contribution in [0.15, 0.2) is 77.9 Å². The van der Waals surface area contributed by atoms with E-state index in [2.05, 4.69) is 46.3 Å². The van der Waals surface area contributed by atoms with Crippen molar-refractivity contribution in [3.8, 4) is 11.5 Å². The number of carbonyl (C=O) groups is 1. The Kier molecular flexibility index (Phi) is 5.34. The van der Waals surface area contributed by atoms with Crippen molar-refractivity contribution >= 4 is 23.0 Å². The fraction of sp³-hybridized carbons (Fsp3) is 0.154. The number of rotatable bonds is 5. The van der Waals surface area contributed by atoms with Crippen molar-refractivity contribution in [2.24, 2.45) is 5.10 Å². The summed E-state index contributed by atoms with van der Waals surface area (Å²) in [5, 5.41) is 5.35. The first-order chi connectivity index (χ1) is 15.7. The van der Waals surface area contributed by atoms with Gasteiger partial charge in [-0.15, -0.1) is 0 Å². The van der Waals surface area contributed by atoms with Crippen molar-refractivity contribution in [3.63, 3.8) is 0 Å². The molecule has 0 spiro atoms. The Morgan fingerprint density at radius 1 is 1.00 bits per heavy atom. The zero-order chi connectivity index (χ0) is 21.9. The zero-order valence-electron chi connectivity index (χ0n) is 17.7. The first-order valence-electron chi connectivity index (χ1n) is 10.6. The van der Waals surface area contributed by atoms with E-state index in [1.807, 2.05) is 30.3 Å². The van der Waals surface area contributed by atoms with Crippen LogP contribution in [0.4, 0.5) is 0 Å². The van der Waals surface area contributed by atoms with E-state index in [-0.39, 0.29) is 5.91 Å². The van der Waals surface area contributed by atoms with E-state index in [1.165, 1.54) is 5.56 Å². The molecular weight excluding hydrogens is 402 g/mol. The molecule has 2 heterocycles. The molecule has 1 aliphatic heterocycles. The number of hydrogen-bond donors (Lipinski definition) is 1. The minimum Gasteiger partial charge on any atom is -0.486 e. The zero-order valence-corrected chi connectivity index (χ0v) is 17.7. The van der Waals surface area contributed by atoms with Gasteiger partial charge in [0.25, 0.3) is 5.91 Å². The molecule has 1 N–H and O–H groups in total. The predicted octanol–water partition coefficient (Wildman–Crippen LogP) is 4.53. The molecule has 0 saturated carbocycles. The molecule has 1 amide bonds. The first-order valence-corrected chi connectivity index (χ1v) is 10.6. The highest BCUT2D eigenvalue weighted by atomic mass is 16.6. The SMILES string of the molecule is Cc1c(C=NNC(=O)c2ccc3c(c2)OCCO3)c2ccccc2n1Cc1ccccc1. The molecular formula is C26H23N3O3.